The van der Waals surface area contributed by atoms with Gasteiger partial charge in [0.2, 0.25) is 0 Å². The predicted molar refractivity (Wildman–Crippen MR) is 69.7 cm³/mol. The van der Waals surface area contributed by atoms with Crippen LogP contribution in [-0.4, -0.2) is 17.0 Å². The van der Waals surface area contributed by atoms with Gasteiger partial charge in [-0.3, -0.25) is 4.79 Å². The van der Waals surface area contributed by atoms with E-state index in [0.717, 1.165) is 5.69 Å². The van der Waals surface area contributed by atoms with E-state index < -0.39 is 11.5 Å². The average Bonchev–Trinajstić information content (AvgIpc) is 2.28. The number of benzene rings is 1. The maximum absolute atomic E-state index is 11.6. The molecular weight excluding hydrogens is 214 g/mol. The predicted octanol–water partition coefficient (Wildman–Crippen LogP) is 2.59. The minimum Gasteiger partial charge on any atom is -0.384 e. The van der Waals surface area contributed by atoms with Gasteiger partial charge in [-0.15, -0.1) is 0 Å². The Hall–Kier alpha value is -1.61. The molecule has 1 atom stereocenters. The fourth-order valence-corrected chi connectivity index (χ4v) is 1.27. The summed E-state index contributed by atoms with van der Waals surface area (Å²) < 4.78 is 0. The fraction of sp³-hybridized carbons (Fsp3) is 0.357. The van der Waals surface area contributed by atoms with Crippen molar-refractivity contribution in [1.82, 2.24) is 0 Å². The van der Waals surface area contributed by atoms with Crippen LogP contribution >= 0.6 is 0 Å². The highest BCUT2D eigenvalue weighted by Gasteiger charge is 2.26. The zero-order valence-electron chi connectivity index (χ0n) is 10.5. The number of carbonyl (C=O) groups is 1. The molecule has 92 valence electrons. The fourth-order valence-electron chi connectivity index (χ4n) is 1.27. The van der Waals surface area contributed by atoms with Crippen LogP contribution in [-0.2, 0) is 4.79 Å². The molecule has 2 N–H and O–H groups in total. The molecule has 1 aromatic carbocycles. The minimum absolute atomic E-state index is 0.291. The third kappa shape index (κ3) is 4.41. The SMILES string of the molecule is CC(C)(C)C(O)C(=O)/C=C\Nc1ccccc1. The maximum Gasteiger partial charge on any atom is 0.186 e. The van der Waals surface area contributed by atoms with Gasteiger partial charge in [0.15, 0.2) is 5.78 Å². The molecule has 0 heterocycles. The van der Waals surface area contributed by atoms with Gasteiger partial charge in [0.05, 0.1) is 0 Å². The second-order valence-corrected chi connectivity index (χ2v) is 5.01. The quantitative estimate of drug-likeness (QED) is 0.786. The van der Waals surface area contributed by atoms with Gasteiger partial charge in [-0.2, -0.15) is 0 Å². The first kappa shape index (κ1) is 13.5. The standard InChI is InChI=1S/C14H19NO2/c1-14(2,3)13(17)12(16)9-10-15-11-7-5-4-6-8-11/h4-10,13,15,17H,1-3H3/b10-9-. The highest BCUT2D eigenvalue weighted by molar-refractivity contribution is 5.94. The number of carbonyl (C=O) groups excluding carboxylic acids is 1. The Bertz CT molecular complexity index is 390. The van der Waals surface area contributed by atoms with E-state index in [-0.39, 0.29) is 5.78 Å². The highest BCUT2D eigenvalue weighted by Crippen LogP contribution is 2.19. The van der Waals surface area contributed by atoms with Gasteiger partial charge in [-0.25, -0.2) is 0 Å². The van der Waals surface area contributed by atoms with Crippen LogP contribution < -0.4 is 5.32 Å². The van der Waals surface area contributed by atoms with E-state index in [0.29, 0.717) is 0 Å². The number of rotatable bonds is 4. The second kappa shape index (κ2) is 5.64. The van der Waals surface area contributed by atoms with Crippen molar-refractivity contribution < 1.29 is 9.90 Å². The molecule has 0 saturated heterocycles. The van der Waals surface area contributed by atoms with E-state index in [1.807, 2.05) is 51.1 Å². The number of anilines is 1. The van der Waals surface area contributed by atoms with Crippen molar-refractivity contribution in [1.29, 1.82) is 0 Å². The highest BCUT2D eigenvalue weighted by atomic mass is 16.3. The Morgan fingerprint density at radius 3 is 2.41 bits per heavy atom. The van der Waals surface area contributed by atoms with Crippen molar-refractivity contribution >= 4 is 11.5 Å². The molecule has 0 aliphatic carbocycles. The van der Waals surface area contributed by atoms with Crippen molar-refractivity contribution in [2.24, 2.45) is 5.41 Å². The number of ketones is 1. The second-order valence-electron chi connectivity index (χ2n) is 5.01. The monoisotopic (exact) mass is 233 g/mol. The topological polar surface area (TPSA) is 49.3 Å². The van der Waals surface area contributed by atoms with Crippen molar-refractivity contribution in [3.63, 3.8) is 0 Å². The zero-order valence-corrected chi connectivity index (χ0v) is 10.5. The first-order chi connectivity index (χ1) is 7.91. The normalized spacial score (nSPS) is 13.6. The van der Waals surface area contributed by atoms with Crippen LogP contribution in [0.3, 0.4) is 0 Å². The Morgan fingerprint density at radius 2 is 1.88 bits per heavy atom. The molecule has 0 aliphatic heterocycles. The third-order valence-corrected chi connectivity index (χ3v) is 2.36. The molecule has 3 heteroatoms. The summed E-state index contributed by atoms with van der Waals surface area (Å²) in [6, 6.07) is 9.53. The van der Waals surface area contributed by atoms with Gasteiger partial charge >= 0.3 is 0 Å². The molecule has 1 aromatic rings. The molecule has 0 saturated carbocycles. The summed E-state index contributed by atoms with van der Waals surface area (Å²) in [7, 11) is 0. The summed E-state index contributed by atoms with van der Waals surface area (Å²) in [5, 5.41) is 12.7. The molecule has 0 aliphatic rings. The van der Waals surface area contributed by atoms with E-state index in [2.05, 4.69) is 5.32 Å². The first-order valence-electron chi connectivity index (χ1n) is 5.61. The molecule has 0 aromatic heterocycles. The third-order valence-electron chi connectivity index (χ3n) is 2.36. The Labute approximate surface area is 102 Å². The molecule has 0 radical (unpaired) electrons. The van der Waals surface area contributed by atoms with Crippen LogP contribution in [0.1, 0.15) is 20.8 Å². The summed E-state index contributed by atoms with van der Waals surface area (Å²) in [5.74, 6) is -0.291. The van der Waals surface area contributed by atoms with E-state index in [9.17, 15) is 9.90 Å². The molecule has 1 rings (SSSR count). The molecule has 3 nitrogen and oxygen atoms in total. The first-order valence-corrected chi connectivity index (χ1v) is 5.61. The van der Waals surface area contributed by atoms with Crippen LogP contribution in [0.4, 0.5) is 5.69 Å². The smallest absolute Gasteiger partial charge is 0.186 e. The van der Waals surface area contributed by atoms with Crippen LogP contribution in [0.2, 0.25) is 0 Å². The molecule has 1 unspecified atom stereocenters. The summed E-state index contributed by atoms with van der Waals surface area (Å²) >= 11 is 0. The lowest BCUT2D eigenvalue weighted by Gasteiger charge is -2.23. The zero-order chi connectivity index (χ0) is 12.9. The van der Waals surface area contributed by atoms with Gasteiger partial charge < -0.3 is 10.4 Å². The Balaban J connectivity index is 2.53. The number of aliphatic hydroxyl groups excluding tert-OH is 1. The lowest BCUT2D eigenvalue weighted by molar-refractivity contribution is -0.127. The van der Waals surface area contributed by atoms with Crippen molar-refractivity contribution in [2.45, 2.75) is 26.9 Å². The van der Waals surface area contributed by atoms with Gasteiger partial charge in [0.25, 0.3) is 0 Å². The Kier molecular flexibility index (Phi) is 4.46. The largest absolute Gasteiger partial charge is 0.384 e. The van der Waals surface area contributed by atoms with Gasteiger partial charge in [0, 0.05) is 11.9 Å². The number of hydrogen-bond acceptors (Lipinski definition) is 3. The van der Waals surface area contributed by atoms with Crippen LogP contribution in [0.5, 0.6) is 0 Å². The Morgan fingerprint density at radius 1 is 1.29 bits per heavy atom. The van der Waals surface area contributed by atoms with E-state index in [1.165, 1.54) is 6.08 Å². The molecule has 0 amide bonds. The number of para-hydroxylation sites is 1. The van der Waals surface area contributed by atoms with Gasteiger partial charge in [-0.05, 0) is 23.6 Å². The number of nitrogens with one attached hydrogen (secondary N) is 1. The van der Waals surface area contributed by atoms with Gasteiger partial charge in [-0.1, -0.05) is 39.0 Å². The summed E-state index contributed by atoms with van der Waals surface area (Å²) in [4.78, 5) is 11.6. The van der Waals surface area contributed by atoms with Gasteiger partial charge in [0.1, 0.15) is 6.10 Å². The number of hydrogen-bond donors (Lipinski definition) is 2. The van der Waals surface area contributed by atoms with Crippen LogP contribution in [0.15, 0.2) is 42.6 Å². The summed E-state index contributed by atoms with van der Waals surface area (Å²) in [6.07, 6.45) is 1.94. The van der Waals surface area contributed by atoms with Crippen LogP contribution in [0.25, 0.3) is 0 Å². The molecule has 0 bridgehead atoms. The minimum atomic E-state index is -0.976. The maximum atomic E-state index is 11.6. The average molecular weight is 233 g/mol. The summed E-state index contributed by atoms with van der Waals surface area (Å²) in [5.41, 5.74) is 0.468. The molecule has 0 spiro atoms. The summed E-state index contributed by atoms with van der Waals surface area (Å²) in [6.45, 7) is 5.48. The molecule has 17 heavy (non-hydrogen) atoms. The van der Waals surface area contributed by atoms with Crippen molar-refractivity contribution in [3.05, 3.63) is 42.6 Å². The number of aliphatic hydroxyl groups is 1. The molecule has 0 fully saturated rings. The lowest BCUT2D eigenvalue weighted by Crippen LogP contribution is -2.33. The van der Waals surface area contributed by atoms with Crippen molar-refractivity contribution in [3.8, 4) is 0 Å². The van der Waals surface area contributed by atoms with E-state index in [1.54, 1.807) is 6.20 Å². The van der Waals surface area contributed by atoms with Crippen LogP contribution in [0, 0.1) is 5.41 Å². The van der Waals surface area contributed by atoms with E-state index >= 15 is 0 Å². The molecular formula is C14H19NO2. The van der Waals surface area contributed by atoms with E-state index in [4.69, 9.17) is 0 Å². The van der Waals surface area contributed by atoms with Crippen molar-refractivity contribution in [2.75, 3.05) is 5.32 Å². The lowest BCUT2D eigenvalue weighted by atomic mass is 9.86.